The molecular weight excluding hydrogens is 353 g/mol. The minimum Gasteiger partial charge on any atom is -0.340 e. The van der Waals surface area contributed by atoms with Crippen molar-refractivity contribution in [2.75, 3.05) is 26.2 Å². The molecule has 0 spiro atoms. The van der Waals surface area contributed by atoms with Gasteiger partial charge in [0.1, 0.15) is 5.82 Å². The Balaban J connectivity index is 1.87. The number of hydrogen-bond acceptors (Lipinski definition) is 3. The maximum atomic E-state index is 14.7. The summed E-state index contributed by atoms with van der Waals surface area (Å²) < 4.78 is 14.7. The number of amides is 1. The summed E-state index contributed by atoms with van der Waals surface area (Å²) in [7, 11) is 0. The minimum atomic E-state index is -0.327. The molecule has 2 heterocycles. The third-order valence-electron chi connectivity index (χ3n) is 4.74. The van der Waals surface area contributed by atoms with Crippen molar-refractivity contribution >= 4 is 17.5 Å². The van der Waals surface area contributed by atoms with Crippen LogP contribution in [0, 0.1) is 11.7 Å². The molecule has 0 N–H and O–H groups in total. The Hall–Kier alpha value is -1.98. The zero-order valence-electron chi connectivity index (χ0n) is 15.0. The Kier molecular flexibility index (Phi) is 5.89. The first-order valence-electron chi connectivity index (χ1n) is 8.85. The third kappa shape index (κ3) is 4.05. The van der Waals surface area contributed by atoms with E-state index in [1.807, 2.05) is 30.9 Å². The largest absolute Gasteiger partial charge is 0.340 e. The molecule has 0 aliphatic carbocycles. The predicted molar refractivity (Wildman–Crippen MR) is 100 cm³/mol. The normalized spacial score (nSPS) is 16.7. The molecule has 0 bridgehead atoms. The van der Waals surface area contributed by atoms with Crippen molar-refractivity contribution in [1.29, 1.82) is 0 Å². The molecule has 2 aromatic rings. The van der Waals surface area contributed by atoms with Gasteiger partial charge in [-0.25, -0.2) is 4.39 Å². The van der Waals surface area contributed by atoms with Crippen molar-refractivity contribution in [3.05, 3.63) is 64.7 Å². The summed E-state index contributed by atoms with van der Waals surface area (Å²) in [6.07, 6.45) is 3.47. The smallest absolute Gasteiger partial charge is 0.225 e. The van der Waals surface area contributed by atoms with E-state index in [9.17, 15) is 9.18 Å². The highest BCUT2D eigenvalue weighted by atomic mass is 35.5. The maximum absolute atomic E-state index is 14.7. The summed E-state index contributed by atoms with van der Waals surface area (Å²) in [5.41, 5.74) is 1.50. The first-order chi connectivity index (χ1) is 12.5. The van der Waals surface area contributed by atoms with Crippen molar-refractivity contribution < 1.29 is 9.18 Å². The summed E-state index contributed by atoms with van der Waals surface area (Å²) in [6, 6.07) is 8.35. The number of nitrogens with zero attached hydrogens (tertiary/aromatic N) is 3. The van der Waals surface area contributed by atoms with Crippen LogP contribution in [0.3, 0.4) is 0 Å². The second-order valence-electron chi connectivity index (χ2n) is 6.87. The fourth-order valence-electron chi connectivity index (χ4n) is 3.41. The van der Waals surface area contributed by atoms with Gasteiger partial charge in [-0.2, -0.15) is 0 Å². The average Bonchev–Trinajstić information content (AvgIpc) is 2.64. The Morgan fingerprint density at radius 2 is 1.92 bits per heavy atom. The topological polar surface area (TPSA) is 36.4 Å². The number of hydrogen-bond donors (Lipinski definition) is 0. The molecule has 3 rings (SSSR count). The van der Waals surface area contributed by atoms with E-state index in [2.05, 4.69) is 9.88 Å². The molecule has 1 aromatic heterocycles. The summed E-state index contributed by atoms with van der Waals surface area (Å²) in [6.45, 7) is 6.47. The highest BCUT2D eigenvalue weighted by Gasteiger charge is 2.30. The van der Waals surface area contributed by atoms with Gasteiger partial charge in [0.2, 0.25) is 5.91 Å². The minimum absolute atomic E-state index is 0.00983. The van der Waals surface area contributed by atoms with Gasteiger partial charge >= 0.3 is 0 Å². The van der Waals surface area contributed by atoms with Gasteiger partial charge in [-0.15, -0.1) is 0 Å². The lowest BCUT2D eigenvalue weighted by Gasteiger charge is -2.40. The number of halogens is 2. The third-order valence-corrected chi connectivity index (χ3v) is 4.98. The number of piperazine rings is 1. The van der Waals surface area contributed by atoms with Gasteiger partial charge in [0, 0.05) is 55.1 Å². The molecule has 1 aromatic carbocycles. The second kappa shape index (κ2) is 8.14. The van der Waals surface area contributed by atoms with E-state index in [0.717, 1.165) is 5.56 Å². The number of aromatic nitrogens is 1. The first kappa shape index (κ1) is 18.8. The molecule has 138 valence electrons. The quantitative estimate of drug-likeness (QED) is 0.816. The number of benzene rings is 1. The van der Waals surface area contributed by atoms with E-state index in [0.29, 0.717) is 36.8 Å². The van der Waals surface area contributed by atoms with Crippen LogP contribution in [-0.4, -0.2) is 46.9 Å². The van der Waals surface area contributed by atoms with Crippen LogP contribution in [0.5, 0.6) is 0 Å². The van der Waals surface area contributed by atoms with E-state index < -0.39 is 0 Å². The fourth-order valence-corrected chi connectivity index (χ4v) is 3.57. The first-order valence-corrected chi connectivity index (χ1v) is 9.23. The monoisotopic (exact) mass is 375 g/mol. The van der Waals surface area contributed by atoms with Crippen LogP contribution in [0.2, 0.25) is 5.02 Å². The Bertz CT molecular complexity index is 761. The van der Waals surface area contributed by atoms with Crippen molar-refractivity contribution in [2.45, 2.75) is 19.9 Å². The van der Waals surface area contributed by atoms with Crippen LogP contribution in [0.15, 0.2) is 42.7 Å². The molecule has 6 heteroatoms. The molecule has 1 aliphatic rings. The van der Waals surface area contributed by atoms with Crippen LogP contribution in [0.4, 0.5) is 4.39 Å². The zero-order valence-corrected chi connectivity index (χ0v) is 15.8. The average molecular weight is 376 g/mol. The van der Waals surface area contributed by atoms with Crippen LogP contribution in [-0.2, 0) is 4.79 Å². The van der Waals surface area contributed by atoms with Crippen molar-refractivity contribution in [2.24, 2.45) is 5.92 Å². The molecule has 0 radical (unpaired) electrons. The lowest BCUT2D eigenvalue weighted by atomic mass is 9.97. The summed E-state index contributed by atoms with van der Waals surface area (Å²) in [4.78, 5) is 20.5. The zero-order chi connectivity index (χ0) is 18.7. The highest BCUT2D eigenvalue weighted by Crippen LogP contribution is 2.32. The van der Waals surface area contributed by atoms with E-state index in [1.165, 1.54) is 6.07 Å². The highest BCUT2D eigenvalue weighted by molar-refractivity contribution is 6.30. The van der Waals surface area contributed by atoms with Gasteiger partial charge in [-0.05, 0) is 23.8 Å². The Labute approximate surface area is 158 Å². The standard InChI is InChI=1S/C20H23ClFN3O/c1-14(2)20(26)25-10-8-24(9-11-25)19(15-4-3-7-23-13-15)17-6-5-16(21)12-18(17)22/h3-7,12-14,19H,8-11H2,1-2H3. The van der Waals surface area contributed by atoms with Gasteiger partial charge in [-0.3, -0.25) is 14.7 Å². The maximum Gasteiger partial charge on any atom is 0.225 e. The van der Waals surface area contributed by atoms with Gasteiger partial charge in [0.25, 0.3) is 0 Å². The SMILES string of the molecule is CC(C)C(=O)N1CCN(C(c2cccnc2)c2ccc(Cl)cc2F)CC1. The summed E-state index contributed by atoms with van der Waals surface area (Å²) in [5, 5.41) is 0.378. The summed E-state index contributed by atoms with van der Waals surface area (Å²) >= 11 is 5.93. The van der Waals surface area contributed by atoms with Gasteiger partial charge in [-0.1, -0.05) is 37.6 Å². The summed E-state index contributed by atoms with van der Waals surface area (Å²) in [5.74, 6) is -0.170. The van der Waals surface area contributed by atoms with E-state index >= 15 is 0 Å². The molecule has 0 saturated carbocycles. The van der Waals surface area contributed by atoms with E-state index in [-0.39, 0.29) is 23.7 Å². The fraction of sp³-hybridized carbons (Fsp3) is 0.400. The molecule has 1 amide bonds. The molecule has 1 fully saturated rings. The molecule has 1 aliphatic heterocycles. The van der Waals surface area contributed by atoms with E-state index in [4.69, 9.17) is 11.6 Å². The lowest BCUT2D eigenvalue weighted by molar-refractivity contribution is -0.136. The van der Waals surface area contributed by atoms with Gasteiger partial charge in [0.15, 0.2) is 0 Å². The predicted octanol–water partition coefficient (Wildman–Crippen LogP) is 3.76. The molecule has 26 heavy (non-hydrogen) atoms. The number of pyridine rings is 1. The lowest BCUT2D eigenvalue weighted by Crippen LogP contribution is -2.51. The molecular formula is C20H23ClFN3O. The van der Waals surface area contributed by atoms with Crippen LogP contribution >= 0.6 is 11.6 Å². The van der Waals surface area contributed by atoms with Crippen LogP contribution in [0.25, 0.3) is 0 Å². The molecule has 1 unspecified atom stereocenters. The van der Waals surface area contributed by atoms with Gasteiger partial charge in [0.05, 0.1) is 6.04 Å². The molecule has 4 nitrogen and oxygen atoms in total. The van der Waals surface area contributed by atoms with Crippen molar-refractivity contribution in [3.63, 3.8) is 0 Å². The van der Waals surface area contributed by atoms with Crippen LogP contribution in [0.1, 0.15) is 31.0 Å². The van der Waals surface area contributed by atoms with Crippen molar-refractivity contribution in [3.8, 4) is 0 Å². The number of rotatable bonds is 4. The number of carbonyl (C=O) groups excluding carboxylic acids is 1. The molecule has 1 atom stereocenters. The second-order valence-corrected chi connectivity index (χ2v) is 7.31. The van der Waals surface area contributed by atoms with E-state index in [1.54, 1.807) is 24.5 Å². The Morgan fingerprint density at radius 1 is 1.19 bits per heavy atom. The Morgan fingerprint density at radius 3 is 2.50 bits per heavy atom. The molecule has 1 saturated heterocycles. The van der Waals surface area contributed by atoms with Crippen LogP contribution < -0.4 is 0 Å². The van der Waals surface area contributed by atoms with Crippen molar-refractivity contribution in [1.82, 2.24) is 14.8 Å². The number of carbonyl (C=O) groups is 1. The van der Waals surface area contributed by atoms with Gasteiger partial charge < -0.3 is 4.90 Å².